The number of hydrogen-bond donors (Lipinski definition) is 2. The summed E-state index contributed by atoms with van der Waals surface area (Å²) in [6.07, 6.45) is 0. The molecule has 23 heavy (non-hydrogen) atoms. The molecule has 0 saturated heterocycles. The summed E-state index contributed by atoms with van der Waals surface area (Å²) in [6, 6.07) is 13.0. The normalized spacial score (nSPS) is 10.7. The van der Waals surface area contributed by atoms with Crippen molar-refractivity contribution in [1.82, 2.24) is 4.57 Å². The third kappa shape index (κ3) is 2.91. The van der Waals surface area contributed by atoms with Crippen molar-refractivity contribution in [2.75, 3.05) is 11.1 Å². The van der Waals surface area contributed by atoms with Crippen molar-refractivity contribution in [1.29, 1.82) is 0 Å². The molecular formula is C17H14ClN3O2. The lowest BCUT2D eigenvalue weighted by Gasteiger charge is -2.12. The molecule has 0 saturated carbocycles. The van der Waals surface area contributed by atoms with Gasteiger partial charge in [0.25, 0.3) is 5.56 Å². The second kappa shape index (κ2) is 5.78. The molecule has 0 atom stereocenters. The highest BCUT2D eigenvalue weighted by Crippen LogP contribution is 2.18. The van der Waals surface area contributed by atoms with E-state index in [1.807, 2.05) is 0 Å². The van der Waals surface area contributed by atoms with Gasteiger partial charge in [0.15, 0.2) is 0 Å². The number of halogens is 1. The van der Waals surface area contributed by atoms with Crippen LogP contribution in [0.4, 0.5) is 16.2 Å². The predicted octanol–water partition coefficient (Wildman–Crippen LogP) is 3.63. The molecule has 3 aromatic rings. The molecule has 0 fully saturated rings. The first kappa shape index (κ1) is 15.1. The fraction of sp³-hybridized carbons (Fsp3) is 0.0588. The minimum Gasteiger partial charge on any atom is -0.399 e. The molecule has 0 aliphatic heterocycles. The summed E-state index contributed by atoms with van der Waals surface area (Å²) < 4.78 is 1.09. The van der Waals surface area contributed by atoms with E-state index in [9.17, 15) is 9.59 Å². The standard InChI is InChI=1S/C17H14ClN3O2/c1-10-8-11-2-5-13(19)9-15(11)21(16(10)22)17(23)20-14-6-3-12(18)4-7-14/h2-9H,19H2,1H3,(H,20,23). The summed E-state index contributed by atoms with van der Waals surface area (Å²) in [5.41, 5.74) is 7.38. The van der Waals surface area contributed by atoms with Crippen molar-refractivity contribution in [2.45, 2.75) is 6.92 Å². The molecule has 0 aliphatic carbocycles. The molecule has 0 spiro atoms. The van der Waals surface area contributed by atoms with Crippen LogP contribution in [0.15, 0.2) is 53.3 Å². The van der Waals surface area contributed by atoms with Gasteiger partial charge in [-0.05, 0) is 54.8 Å². The number of hydrogen-bond acceptors (Lipinski definition) is 3. The molecule has 0 unspecified atom stereocenters. The zero-order chi connectivity index (χ0) is 16.6. The van der Waals surface area contributed by atoms with Gasteiger partial charge in [-0.25, -0.2) is 9.36 Å². The van der Waals surface area contributed by atoms with Gasteiger partial charge in [-0.2, -0.15) is 0 Å². The highest BCUT2D eigenvalue weighted by atomic mass is 35.5. The van der Waals surface area contributed by atoms with Gasteiger partial charge < -0.3 is 11.1 Å². The lowest BCUT2D eigenvalue weighted by molar-refractivity contribution is 0.253. The molecule has 116 valence electrons. The van der Waals surface area contributed by atoms with E-state index in [1.165, 1.54) is 0 Å². The lowest BCUT2D eigenvalue weighted by Crippen LogP contribution is -2.32. The number of nitrogens with zero attached hydrogens (tertiary/aromatic N) is 1. The zero-order valence-electron chi connectivity index (χ0n) is 12.3. The van der Waals surface area contributed by atoms with Crippen LogP contribution < -0.4 is 16.6 Å². The van der Waals surface area contributed by atoms with E-state index < -0.39 is 6.03 Å². The summed E-state index contributed by atoms with van der Waals surface area (Å²) in [5.74, 6) is 0. The van der Waals surface area contributed by atoms with Crippen molar-refractivity contribution < 1.29 is 4.79 Å². The molecule has 5 nitrogen and oxygen atoms in total. The second-order valence-electron chi connectivity index (χ2n) is 5.22. The van der Waals surface area contributed by atoms with E-state index in [1.54, 1.807) is 55.5 Å². The van der Waals surface area contributed by atoms with Crippen LogP contribution in [0.3, 0.4) is 0 Å². The highest BCUT2D eigenvalue weighted by molar-refractivity contribution is 6.30. The predicted molar refractivity (Wildman–Crippen MR) is 93.2 cm³/mol. The van der Waals surface area contributed by atoms with Crippen LogP contribution in [0.25, 0.3) is 10.9 Å². The van der Waals surface area contributed by atoms with Crippen molar-refractivity contribution >= 4 is 39.9 Å². The number of benzene rings is 2. The molecule has 6 heteroatoms. The van der Waals surface area contributed by atoms with Crippen LogP contribution in [0, 0.1) is 6.92 Å². The molecule has 1 aromatic heterocycles. The van der Waals surface area contributed by atoms with Crippen molar-refractivity contribution in [3.63, 3.8) is 0 Å². The lowest BCUT2D eigenvalue weighted by atomic mass is 10.1. The molecule has 3 N–H and O–H groups in total. The Hall–Kier alpha value is -2.79. The van der Waals surface area contributed by atoms with E-state index >= 15 is 0 Å². The van der Waals surface area contributed by atoms with E-state index in [2.05, 4.69) is 5.32 Å². The first-order chi connectivity index (χ1) is 11.0. The molecule has 2 aromatic carbocycles. The van der Waals surface area contributed by atoms with Gasteiger partial charge in [-0.3, -0.25) is 4.79 Å². The van der Waals surface area contributed by atoms with Crippen molar-refractivity contribution in [3.8, 4) is 0 Å². The summed E-state index contributed by atoms with van der Waals surface area (Å²) >= 11 is 5.82. The van der Waals surface area contributed by atoms with Gasteiger partial charge in [0.2, 0.25) is 0 Å². The third-order valence-corrected chi connectivity index (χ3v) is 3.76. The van der Waals surface area contributed by atoms with Crippen LogP contribution in [-0.4, -0.2) is 10.6 Å². The van der Waals surface area contributed by atoms with Gasteiger partial charge in [0.05, 0.1) is 5.52 Å². The summed E-state index contributed by atoms with van der Waals surface area (Å²) in [7, 11) is 0. The summed E-state index contributed by atoms with van der Waals surface area (Å²) in [5, 5.41) is 4.02. The van der Waals surface area contributed by atoms with E-state index in [4.69, 9.17) is 17.3 Å². The SMILES string of the molecule is Cc1cc2ccc(N)cc2n(C(=O)Nc2ccc(Cl)cc2)c1=O. The number of nitrogens with one attached hydrogen (secondary N) is 1. The molecule has 0 bridgehead atoms. The number of anilines is 2. The van der Waals surface area contributed by atoms with Crippen molar-refractivity contribution in [3.05, 3.63) is 69.5 Å². The number of pyridine rings is 1. The molecule has 0 aliphatic rings. The van der Waals surface area contributed by atoms with Crippen LogP contribution in [0.5, 0.6) is 0 Å². The van der Waals surface area contributed by atoms with Gasteiger partial charge in [-0.1, -0.05) is 17.7 Å². The average Bonchev–Trinajstić information content (AvgIpc) is 2.51. The molecule has 1 heterocycles. The van der Waals surface area contributed by atoms with E-state index in [0.717, 1.165) is 9.95 Å². The summed E-state index contributed by atoms with van der Waals surface area (Å²) in [4.78, 5) is 25.0. The topological polar surface area (TPSA) is 77.1 Å². The monoisotopic (exact) mass is 327 g/mol. The second-order valence-corrected chi connectivity index (χ2v) is 5.66. The number of fused-ring (bicyclic) bond motifs is 1. The third-order valence-electron chi connectivity index (χ3n) is 3.51. The Labute approximate surface area is 137 Å². The number of aromatic nitrogens is 1. The fourth-order valence-electron chi connectivity index (χ4n) is 2.37. The molecular weight excluding hydrogens is 314 g/mol. The number of aryl methyl sites for hydroxylation is 1. The molecule has 3 rings (SSSR count). The number of amides is 1. The maximum atomic E-state index is 12.6. The van der Waals surface area contributed by atoms with Crippen LogP contribution >= 0.6 is 11.6 Å². The smallest absolute Gasteiger partial charge is 0.333 e. The Bertz CT molecular complexity index is 962. The molecule has 1 amide bonds. The Kier molecular flexibility index (Phi) is 3.80. The Morgan fingerprint density at radius 1 is 1.13 bits per heavy atom. The van der Waals surface area contributed by atoms with Gasteiger partial charge in [-0.15, -0.1) is 0 Å². The minimum absolute atomic E-state index is 0.380. The summed E-state index contributed by atoms with van der Waals surface area (Å²) in [6.45, 7) is 1.67. The Morgan fingerprint density at radius 2 is 1.83 bits per heavy atom. The van der Waals surface area contributed by atoms with E-state index in [-0.39, 0.29) is 5.56 Å². The largest absolute Gasteiger partial charge is 0.399 e. The maximum absolute atomic E-state index is 12.6. The van der Waals surface area contributed by atoms with Crippen molar-refractivity contribution in [2.24, 2.45) is 0 Å². The Balaban J connectivity index is 2.12. The fourth-order valence-corrected chi connectivity index (χ4v) is 2.50. The molecule has 0 radical (unpaired) electrons. The van der Waals surface area contributed by atoms with Crippen LogP contribution in [-0.2, 0) is 0 Å². The van der Waals surface area contributed by atoms with Gasteiger partial charge in [0, 0.05) is 22.0 Å². The highest BCUT2D eigenvalue weighted by Gasteiger charge is 2.14. The quantitative estimate of drug-likeness (QED) is 0.670. The average molecular weight is 328 g/mol. The van der Waals surface area contributed by atoms with E-state index in [0.29, 0.717) is 27.5 Å². The first-order valence-electron chi connectivity index (χ1n) is 6.94. The number of carbonyl (C=O) groups is 1. The van der Waals surface area contributed by atoms with Gasteiger partial charge >= 0.3 is 6.03 Å². The number of rotatable bonds is 1. The Morgan fingerprint density at radius 3 is 2.52 bits per heavy atom. The first-order valence-corrected chi connectivity index (χ1v) is 7.32. The van der Waals surface area contributed by atoms with Crippen LogP contribution in [0.1, 0.15) is 5.56 Å². The number of nitrogens with two attached hydrogens (primary N) is 1. The maximum Gasteiger partial charge on any atom is 0.333 e. The minimum atomic E-state index is -0.545. The number of nitrogen functional groups attached to an aromatic ring is 1. The zero-order valence-corrected chi connectivity index (χ0v) is 13.1. The van der Waals surface area contributed by atoms with Gasteiger partial charge in [0.1, 0.15) is 0 Å². The van der Waals surface area contributed by atoms with Crippen LogP contribution in [0.2, 0.25) is 5.02 Å². The number of carbonyl (C=O) groups excluding carboxylic acids is 1.